The van der Waals surface area contributed by atoms with E-state index in [1.54, 1.807) is 0 Å². The lowest BCUT2D eigenvalue weighted by Gasteiger charge is -2.16. The molecule has 174 valence electrons. The Balaban J connectivity index is 2.19. The molecule has 0 aliphatic rings. The summed E-state index contributed by atoms with van der Waals surface area (Å²) in [6, 6.07) is 8.19. The van der Waals surface area contributed by atoms with Gasteiger partial charge in [0.25, 0.3) is 0 Å². The van der Waals surface area contributed by atoms with Gasteiger partial charge in [0.1, 0.15) is 12.6 Å². The summed E-state index contributed by atoms with van der Waals surface area (Å²) in [7, 11) is 0. The second-order valence-corrected chi connectivity index (χ2v) is 8.17. The highest BCUT2D eigenvalue weighted by Gasteiger charge is 2.24. The first-order valence-electron chi connectivity index (χ1n) is 11.8. The first-order chi connectivity index (χ1) is 15.0. The number of hydrogen-bond acceptors (Lipinski definition) is 4. The highest BCUT2D eigenvalue weighted by atomic mass is 16.5. The van der Waals surface area contributed by atoms with Crippen LogP contribution in [0.15, 0.2) is 30.3 Å². The molecular formula is C25H40N2O4. The number of nitrogens with one attached hydrogen (secondary N) is 1. The first-order valence-corrected chi connectivity index (χ1v) is 11.8. The zero-order chi connectivity index (χ0) is 22.7. The number of carbonyl (C=O) groups excluding carboxylic acids is 3. The molecule has 1 aromatic rings. The van der Waals surface area contributed by atoms with E-state index in [1.165, 1.54) is 51.4 Å². The van der Waals surface area contributed by atoms with Gasteiger partial charge in [-0.15, -0.1) is 0 Å². The van der Waals surface area contributed by atoms with Gasteiger partial charge in [-0.05, 0) is 12.0 Å². The zero-order valence-corrected chi connectivity index (χ0v) is 19.1. The maximum absolute atomic E-state index is 12.3. The second kappa shape index (κ2) is 17.3. The predicted molar refractivity (Wildman–Crippen MR) is 123 cm³/mol. The van der Waals surface area contributed by atoms with Gasteiger partial charge in [0.05, 0.1) is 6.42 Å². The van der Waals surface area contributed by atoms with Crippen molar-refractivity contribution >= 4 is 17.8 Å². The molecule has 0 spiro atoms. The number of esters is 1. The summed E-state index contributed by atoms with van der Waals surface area (Å²) >= 11 is 0. The molecule has 1 atom stereocenters. The van der Waals surface area contributed by atoms with E-state index in [0.29, 0.717) is 6.42 Å². The van der Waals surface area contributed by atoms with Gasteiger partial charge in [0.15, 0.2) is 0 Å². The third-order valence-corrected chi connectivity index (χ3v) is 5.26. The minimum absolute atomic E-state index is 0.0867. The number of unbranched alkanes of at least 4 members (excludes halogenated alkanes) is 10. The quantitative estimate of drug-likeness (QED) is 0.257. The van der Waals surface area contributed by atoms with Crippen molar-refractivity contribution in [3.8, 4) is 0 Å². The summed E-state index contributed by atoms with van der Waals surface area (Å²) in [5.41, 5.74) is 6.06. The molecule has 3 N–H and O–H groups in total. The lowest BCUT2D eigenvalue weighted by atomic mass is 10.1. The largest absolute Gasteiger partial charge is 0.459 e. The summed E-state index contributed by atoms with van der Waals surface area (Å²) in [5.74, 6) is -1.55. The number of amides is 2. The standard InChI is InChI=1S/C25H40N2O4/c1-2-3-4-5-6-7-8-9-10-11-15-18-24(29)27-22(19-23(26)28)25(30)31-20-21-16-13-12-14-17-21/h12-14,16-17,22H,2-11,15,18-20H2,1H3,(H2,26,28)(H,27,29)/t22-/m1/s1. The van der Waals surface area contributed by atoms with Gasteiger partial charge in [-0.25, -0.2) is 4.79 Å². The minimum atomic E-state index is -1.04. The highest BCUT2D eigenvalue weighted by molar-refractivity contribution is 5.88. The van der Waals surface area contributed by atoms with Crippen molar-refractivity contribution in [2.24, 2.45) is 5.73 Å². The van der Waals surface area contributed by atoms with Crippen molar-refractivity contribution in [2.45, 2.75) is 103 Å². The van der Waals surface area contributed by atoms with Gasteiger partial charge in [0, 0.05) is 6.42 Å². The number of ether oxygens (including phenoxy) is 1. The third kappa shape index (κ3) is 14.3. The molecule has 0 aromatic heterocycles. The molecule has 1 aromatic carbocycles. The summed E-state index contributed by atoms with van der Waals surface area (Å²) in [6.07, 6.45) is 13.3. The summed E-state index contributed by atoms with van der Waals surface area (Å²) in [6.45, 7) is 2.32. The SMILES string of the molecule is CCCCCCCCCCCCCC(=O)N[C@H](CC(N)=O)C(=O)OCc1ccccc1. The number of rotatable bonds is 18. The molecular weight excluding hydrogens is 392 g/mol. The molecule has 0 radical (unpaired) electrons. The van der Waals surface area contributed by atoms with E-state index in [4.69, 9.17) is 10.5 Å². The summed E-state index contributed by atoms with van der Waals surface area (Å²) in [5, 5.41) is 2.61. The average Bonchev–Trinajstić information content (AvgIpc) is 2.75. The summed E-state index contributed by atoms with van der Waals surface area (Å²) in [4.78, 5) is 35.8. The Labute approximate surface area is 187 Å². The van der Waals surface area contributed by atoms with Gasteiger partial charge in [0.2, 0.25) is 11.8 Å². The van der Waals surface area contributed by atoms with E-state index >= 15 is 0 Å². The monoisotopic (exact) mass is 432 g/mol. The van der Waals surface area contributed by atoms with E-state index in [0.717, 1.165) is 24.8 Å². The Morgan fingerprint density at radius 2 is 1.42 bits per heavy atom. The maximum Gasteiger partial charge on any atom is 0.329 e. The van der Waals surface area contributed by atoms with Gasteiger partial charge in [-0.2, -0.15) is 0 Å². The molecule has 0 saturated carbocycles. The fraction of sp³-hybridized carbons (Fsp3) is 0.640. The number of primary amides is 1. The van der Waals surface area contributed by atoms with Crippen LogP contribution in [0.5, 0.6) is 0 Å². The fourth-order valence-electron chi connectivity index (χ4n) is 3.44. The Bertz CT molecular complexity index is 634. The molecule has 6 nitrogen and oxygen atoms in total. The van der Waals surface area contributed by atoms with Crippen LogP contribution in [0.1, 0.15) is 96.0 Å². The van der Waals surface area contributed by atoms with E-state index in [1.807, 2.05) is 30.3 Å². The van der Waals surface area contributed by atoms with Crippen LogP contribution in [0.25, 0.3) is 0 Å². The van der Waals surface area contributed by atoms with Crippen LogP contribution >= 0.6 is 0 Å². The highest BCUT2D eigenvalue weighted by Crippen LogP contribution is 2.12. The van der Waals surface area contributed by atoms with Gasteiger partial charge < -0.3 is 15.8 Å². The Morgan fingerprint density at radius 3 is 1.97 bits per heavy atom. The van der Waals surface area contributed by atoms with Crippen molar-refractivity contribution in [1.29, 1.82) is 0 Å². The van der Waals surface area contributed by atoms with Crippen LogP contribution in [0, 0.1) is 0 Å². The van der Waals surface area contributed by atoms with Crippen LogP contribution in [0.2, 0.25) is 0 Å². The molecule has 6 heteroatoms. The fourth-order valence-corrected chi connectivity index (χ4v) is 3.44. The Morgan fingerprint density at radius 1 is 0.871 bits per heavy atom. The molecule has 2 amide bonds. The number of benzene rings is 1. The number of nitrogens with two attached hydrogens (primary N) is 1. The van der Waals surface area contributed by atoms with E-state index in [-0.39, 0.29) is 18.9 Å². The zero-order valence-electron chi connectivity index (χ0n) is 19.1. The van der Waals surface area contributed by atoms with Gasteiger partial charge in [-0.3, -0.25) is 9.59 Å². The third-order valence-electron chi connectivity index (χ3n) is 5.26. The summed E-state index contributed by atoms with van der Waals surface area (Å²) < 4.78 is 5.24. The van der Waals surface area contributed by atoms with Crippen molar-refractivity contribution in [3.63, 3.8) is 0 Å². The molecule has 0 heterocycles. The molecule has 0 aliphatic heterocycles. The van der Waals surface area contributed by atoms with Crippen LogP contribution < -0.4 is 11.1 Å². The van der Waals surface area contributed by atoms with Gasteiger partial charge >= 0.3 is 5.97 Å². The average molecular weight is 433 g/mol. The molecule has 0 aliphatic carbocycles. The van der Waals surface area contributed by atoms with Crippen molar-refractivity contribution in [1.82, 2.24) is 5.32 Å². The van der Waals surface area contributed by atoms with Gasteiger partial charge in [-0.1, -0.05) is 101 Å². The maximum atomic E-state index is 12.3. The van der Waals surface area contributed by atoms with Crippen LogP contribution in [-0.4, -0.2) is 23.8 Å². The molecule has 0 saturated heterocycles. The molecule has 0 bridgehead atoms. The van der Waals surface area contributed by atoms with E-state index in [2.05, 4.69) is 12.2 Å². The Kier molecular flexibility index (Phi) is 14.9. The van der Waals surface area contributed by atoms with Crippen LogP contribution in [-0.2, 0) is 25.7 Å². The van der Waals surface area contributed by atoms with E-state index in [9.17, 15) is 14.4 Å². The lowest BCUT2D eigenvalue weighted by Crippen LogP contribution is -2.44. The first kappa shape index (κ1) is 26.7. The molecule has 0 unspecified atom stereocenters. The second-order valence-electron chi connectivity index (χ2n) is 8.17. The molecule has 0 fully saturated rings. The van der Waals surface area contributed by atoms with Crippen molar-refractivity contribution < 1.29 is 19.1 Å². The number of hydrogen-bond donors (Lipinski definition) is 2. The van der Waals surface area contributed by atoms with Crippen LogP contribution in [0.3, 0.4) is 0 Å². The smallest absolute Gasteiger partial charge is 0.329 e. The van der Waals surface area contributed by atoms with Crippen LogP contribution in [0.4, 0.5) is 0 Å². The number of carbonyl (C=O) groups is 3. The van der Waals surface area contributed by atoms with Crippen molar-refractivity contribution in [2.75, 3.05) is 0 Å². The Hall–Kier alpha value is -2.37. The minimum Gasteiger partial charge on any atom is -0.459 e. The topological polar surface area (TPSA) is 98.5 Å². The normalized spacial score (nSPS) is 11.6. The molecule has 1 rings (SSSR count). The van der Waals surface area contributed by atoms with E-state index < -0.39 is 17.9 Å². The van der Waals surface area contributed by atoms with Crippen molar-refractivity contribution in [3.05, 3.63) is 35.9 Å². The predicted octanol–water partition coefficient (Wildman–Crippen LogP) is 4.79. The lowest BCUT2D eigenvalue weighted by molar-refractivity contribution is -0.150. The molecule has 31 heavy (non-hydrogen) atoms.